The summed E-state index contributed by atoms with van der Waals surface area (Å²) in [6, 6.07) is 1.24. The molecule has 3 unspecified atom stereocenters. The topological polar surface area (TPSA) is 29.9 Å². The summed E-state index contributed by atoms with van der Waals surface area (Å²) in [5.41, 5.74) is 1.32. The largest absolute Gasteiger partial charge is 0.310 e. The van der Waals surface area contributed by atoms with Gasteiger partial charge in [0.15, 0.2) is 0 Å². The van der Waals surface area contributed by atoms with Gasteiger partial charge in [-0.15, -0.1) is 0 Å². The molecule has 1 N–H and O–H groups in total. The standard InChI is InChI=1S/C14H23N3/c1-10(2)17-9-12(8-16-17)7-15-14-6-11-3-4-13(14)5-11/h8-11,13-15H,3-7H2,1-2H3. The first-order valence-electron chi connectivity index (χ1n) is 6.99. The van der Waals surface area contributed by atoms with Gasteiger partial charge in [-0.2, -0.15) is 5.10 Å². The van der Waals surface area contributed by atoms with E-state index >= 15 is 0 Å². The van der Waals surface area contributed by atoms with Crippen LogP contribution in [0.25, 0.3) is 0 Å². The van der Waals surface area contributed by atoms with Crippen molar-refractivity contribution < 1.29 is 0 Å². The molecule has 3 rings (SSSR count). The quantitative estimate of drug-likeness (QED) is 0.866. The molecule has 1 aromatic heterocycles. The Morgan fingerprint density at radius 1 is 1.41 bits per heavy atom. The van der Waals surface area contributed by atoms with Gasteiger partial charge in [-0.05, 0) is 44.9 Å². The molecule has 0 spiro atoms. The van der Waals surface area contributed by atoms with Gasteiger partial charge in [-0.1, -0.05) is 6.42 Å². The summed E-state index contributed by atoms with van der Waals surface area (Å²) < 4.78 is 2.04. The lowest BCUT2D eigenvalue weighted by Gasteiger charge is -2.22. The van der Waals surface area contributed by atoms with Crippen molar-refractivity contribution in [3.05, 3.63) is 18.0 Å². The molecule has 2 bridgehead atoms. The van der Waals surface area contributed by atoms with E-state index in [9.17, 15) is 0 Å². The summed E-state index contributed by atoms with van der Waals surface area (Å²) >= 11 is 0. The van der Waals surface area contributed by atoms with Crippen molar-refractivity contribution in [2.75, 3.05) is 0 Å². The van der Waals surface area contributed by atoms with Gasteiger partial charge in [0.1, 0.15) is 0 Å². The van der Waals surface area contributed by atoms with Crippen LogP contribution in [-0.2, 0) is 6.54 Å². The molecule has 0 amide bonds. The van der Waals surface area contributed by atoms with Gasteiger partial charge in [0.2, 0.25) is 0 Å². The van der Waals surface area contributed by atoms with Gasteiger partial charge >= 0.3 is 0 Å². The summed E-state index contributed by atoms with van der Waals surface area (Å²) in [4.78, 5) is 0. The SMILES string of the molecule is CC(C)n1cc(CNC2CC3CCC2C3)cn1. The maximum Gasteiger partial charge on any atom is 0.0534 e. The van der Waals surface area contributed by atoms with Crippen LogP contribution in [0.4, 0.5) is 0 Å². The minimum atomic E-state index is 0.464. The third-order valence-electron chi connectivity index (χ3n) is 4.49. The average molecular weight is 233 g/mol. The molecule has 0 aromatic carbocycles. The van der Waals surface area contributed by atoms with Crippen LogP contribution in [0.1, 0.15) is 51.1 Å². The molecule has 2 fully saturated rings. The van der Waals surface area contributed by atoms with E-state index in [0.29, 0.717) is 6.04 Å². The molecule has 17 heavy (non-hydrogen) atoms. The molecule has 2 saturated carbocycles. The zero-order valence-electron chi connectivity index (χ0n) is 10.9. The van der Waals surface area contributed by atoms with Crippen molar-refractivity contribution in [3.63, 3.8) is 0 Å². The number of aromatic nitrogens is 2. The predicted octanol–water partition coefficient (Wildman–Crippen LogP) is 2.74. The van der Waals surface area contributed by atoms with Gasteiger partial charge in [0.05, 0.1) is 6.20 Å². The summed E-state index contributed by atoms with van der Waals surface area (Å²) in [5, 5.41) is 8.11. The molecule has 1 aromatic rings. The summed E-state index contributed by atoms with van der Waals surface area (Å²) in [6.45, 7) is 5.32. The highest BCUT2D eigenvalue weighted by Crippen LogP contribution is 2.44. The van der Waals surface area contributed by atoms with Crippen LogP contribution in [0.5, 0.6) is 0 Å². The summed E-state index contributed by atoms with van der Waals surface area (Å²) in [7, 11) is 0. The molecule has 2 aliphatic carbocycles. The Labute approximate surface area is 104 Å². The molecular weight excluding hydrogens is 210 g/mol. The van der Waals surface area contributed by atoms with Crippen LogP contribution in [0.3, 0.4) is 0 Å². The van der Waals surface area contributed by atoms with Crippen molar-refractivity contribution >= 4 is 0 Å². The van der Waals surface area contributed by atoms with E-state index in [1.54, 1.807) is 0 Å². The van der Waals surface area contributed by atoms with Gasteiger partial charge < -0.3 is 5.32 Å². The molecule has 0 aliphatic heterocycles. The van der Waals surface area contributed by atoms with E-state index < -0.39 is 0 Å². The fraction of sp³-hybridized carbons (Fsp3) is 0.786. The number of hydrogen-bond donors (Lipinski definition) is 1. The molecular formula is C14H23N3. The van der Waals surface area contributed by atoms with Gasteiger partial charge in [-0.3, -0.25) is 4.68 Å². The molecule has 0 saturated heterocycles. The lowest BCUT2D eigenvalue weighted by atomic mass is 9.95. The van der Waals surface area contributed by atoms with E-state index in [0.717, 1.165) is 24.4 Å². The van der Waals surface area contributed by atoms with Crippen LogP contribution in [0.2, 0.25) is 0 Å². The number of nitrogens with zero attached hydrogens (tertiary/aromatic N) is 2. The predicted molar refractivity (Wildman–Crippen MR) is 68.7 cm³/mol. The van der Waals surface area contributed by atoms with Gasteiger partial charge in [-0.25, -0.2) is 0 Å². The minimum absolute atomic E-state index is 0.464. The second kappa shape index (κ2) is 4.45. The third kappa shape index (κ3) is 2.25. The van der Waals surface area contributed by atoms with Crippen molar-refractivity contribution in [2.45, 2.75) is 58.2 Å². The fourth-order valence-electron chi connectivity index (χ4n) is 3.49. The van der Waals surface area contributed by atoms with Crippen LogP contribution >= 0.6 is 0 Å². The zero-order valence-corrected chi connectivity index (χ0v) is 10.9. The lowest BCUT2D eigenvalue weighted by Crippen LogP contribution is -2.33. The maximum absolute atomic E-state index is 4.39. The van der Waals surface area contributed by atoms with E-state index in [-0.39, 0.29) is 0 Å². The van der Waals surface area contributed by atoms with Gasteiger partial charge in [0.25, 0.3) is 0 Å². The maximum atomic E-state index is 4.39. The first-order chi connectivity index (χ1) is 8.22. The number of fused-ring (bicyclic) bond motifs is 2. The Morgan fingerprint density at radius 2 is 2.29 bits per heavy atom. The third-order valence-corrected chi connectivity index (χ3v) is 4.49. The molecule has 2 aliphatic rings. The van der Waals surface area contributed by atoms with Crippen LogP contribution in [-0.4, -0.2) is 15.8 Å². The highest BCUT2D eigenvalue weighted by molar-refractivity contribution is 5.05. The Balaban J connectivity index is 1.53. The number of hydrogen-bond acceptors (Lipinski definition) is 2. The van der Waals surface area contributed by atoms with Crippen LogP contribution < -0.4 is 5.32 Å². The van der Waals surface area contributed by atoms with Crippen LogP contribution in [0, 0.1) is 11.8 Å². The molecule has 3 nitrogen and oxygen atoms in total. The summed E-state index contributed by atoms with van der Waals surface area (Å²) in [5.74, 6) is 1.98. The normalized spacial score (nSPS) is 31.6. The molecule has 94 valence electrons. The zero-order chi connectivity index (χ0) is 11.8. The number of nitrogens with one attached hydrogen (secondary N) is 1. The highest BCUT2D eigenvalue weighted by atomic mass is 15.3. The Morgan fingerprint density at radius 3 is 2.88 bits per heavy atom. The summed E-state index contributed by atoms with van der Waals surface area (Å²) in [6.07, 6.45) is 9.98. The van der Waals surface area contributed by atoms with Crippen molar-refractivity contribution in [2.24, 2.45) is 11.8 Å². The van der Waals surface area contributed by atoms with E-state index in [2.05, 4.69) is 30.5 Å². The monoisotopic (exact) mass is 233 g/mol. The smallest absolute Gasteiger partial charge is 0.0534 e. The van der Waals surface area contributed by atoms with Crippen molar-refractivity contribution in [1.82, 2.24) is 15.1 Å². The molecule has 3 heteroatoms. The van der Waals surface area contributed by atoms with Crippen molar-refractivity contribution in [1.29, 1.82) is 0 Å². The Kier molecular flexibility index (Phi) is 2.95. The average Bonchev–Trinajstić information content (AvgIpc) is 3.02. The Bertz CT molecular complexity index is 383. The first kappa shape index (κ1) is 11.3. The molecule has 3 atom stereocenters. The van der Waals surface area contributed by atoms with E-state index in [1.807, 2.05) is 10.9 Å². The van der Waals surface area contributed by atoms with Crippen LogP contribution in [0.15, 0.2) is 12.4 Å². The van der Waals surface area contributed by atoms with Crippen molar-refractivity contribution in [3.8, 4) is 0 Å². The molecule has 1 heterocycles. The van der Waals surface area contributed by atoms with E-state index in [4.69, 9.17) is 0 Å². The Hall–Kier alpha value is -0.830. The second-order valence-electron chi connectivity index (χ2n) is 6.08. The van der Waals surface area contributed by atoms with Gasteiger partial charge in [0, 0.05) is 30.4 Å². The minimum Gasteiger partial charge on any atom is -0.310 e. The second-order valence-corrected chi connectivity index (χ2v) is 6.08. The highest BCUT2D eigenvalue weighted by Gasteiger charge is 2.38. The van der Waals surface area contributed by atoms with E-state index in [1.165, 1.54) is 31.2 Å². The lowest BCUT2D eigenvalue weighted by molar-refractivity contribution is 0.350. The fourth-order valence-corrected chi connectivity index (χ4v) is 3.49. The molecule has 0 radical (unpaired) electrons. The first-order valence-corrected chi connectivity index (χ1v) is 6.99. The number of rotatable bonds is 4.